The molecule has 7 nitrogen and oxygen atoms in total. The monoisotopic (exact) mass is 284 g/mol. The molecule has 0 radical (unpaired) electrons. The summed E-state index contributed by atoms with van der Waals surface area (Å²) < 4.78 is 3.60. The minimum absolute atomic E-state index is 0.00208. The molecule has 3 aromatic rings. The number of hydrogen-bond donors (Lipinski definition) is 1. The van der Waals surface area contributed by atoms with Crippen LogP contribution in [0.4, 0.5) is 0 Å². The van der Waals surface area contributed by atoms with Gasteiger partial charge in [-0.15, -0.1) is 10.2 Å². The van der Waals surface area contributed by atoms with Crippen LogP contribution >= 0.6 is 0 Å². The molecule has 0 bridgehead atoms. The van der Waals surface area contributed by atoms with E-state index in [-0.39, 0.29) is 11.1 Å². The van der Waals surface area contributed by atoms with Crippen LogP contribution in [0.5, 0.6) is 0 Å². The fraction of sp³-hybridized carbons (Fsp3) is 0.429. The van der Waals surface area contributed by atoms with Crippen molar-refractivity contribution in [2.45, 2.75) is 38.8 Å². The molecule has 0 atom stereocenters. The highest BCUT2D eigenvalue weighted by Crippen LogP contribution is 2.36. The Morgan fingerprint density at radius 3 is 3.00 bits per heavy atom. The number of H-pyrrole nitrogens is 1. The van der Waals surface area contributed by atoms with E-state index < -0.39 is 0 Å². The second-order valence-corrected chi connectivity index (χ2v) is 6.16. The molecule has 108 valence electrons. The summed E-state index contributed by atoms with van der Waals surface area (Å²) >= 11 is 0. The summed E-state index contributed by atoms with van der Waals surface area (Å²) in [6, 6.07) is 6.12. The molecule has 0 fully saturated rings. The van der Waals surface area contributed by atoms with E-state index in [0.29, 0.717) is 12.4 Å². The molecule has 0 aliphatic carbocycles. The molecule has 21 heavy (non-hydrogen) atoms. The van der Waals surface area contributed by atoms with E-state index in [4.69, 9.17) is 0 Å². The van der Waals surface area contributed by atoms with Gasteiger partial charge in [-0.2, -0.15) is 5.21 Å². The lowest BCUT2D eigenvalue weighted by atomic mass is 9.79. The van der Waals surface area contributed by atoms with Gasteiger partial charge in [0.05, 0.1) is 17.6 Å². The van der Waals surface area contributed by atoms with Crippen molar-refractivity contribution < 1.29 is 0 Å². The van der Waals surface area contributed by atoms with Crippen molar-refractivity contribution in [2.75, 3.05) is 0 Å². The summed E-state index contributed by atoms with van der Waals surface area (Å²) in [7, 11) is 0. The van der Waals surface area contributed by atoms with Crippen molar-refractivity contribution in [2.24, 2.45) is 0 Å². The Morgan fingerprint density at radius 1 is 1.38 bits per heavy atom. The average molecular weight is 284 g/mol. The molecule has 0 saturated carbocycles. The van der Waals surface area contributed by atoms with E-state index in [9.17, 15) is 4.79 Å². The average Bonchev–Trinajstić information content (AvgIpc) is 3.05. The third-order valence-electron chi connectivity index (χ3n) is 4.42. The molecule has 3 heterocycles. The van der Waals surface area contributed by atoms with Crippen LogP contribution in [0.15, 0.2) is 23.0 Å². The van der Waals surface area contributed by atoms with Gasteiger partial charge in [-0.25, -0.2) is 4.79 Å². The smallest absolute Gasteiger partial charge is 0.292 e. The summed E-state index contributed by atoms with van der Waals surface area (Å²) in [6.45, 7) is 5.54. The number of nitrogens with zero attached hydrogens (tertiary/aromatic N) is 5. The first-order chi connectivity index (χ1) is 10.1. The number of nitrogens with one attached hydrogen (secondary N) is 1. The van der Waals surface area contributed by atoms with Crippen LogP contribution in [0.2, 0.25) is 0 Å². The lowest BCUT2D eigenvalue weighted by molar-refractivity contribution is 0.416. The van der Waals surface area contributed by atoms with E-state index in [1.807, 2.05) is 16.7 Å². The number of aryl methyl sites for hydroxylation is 1. The molecule has 0 saturated heterocycles. The van der Waals surface area contributed by atoms with Gasteiger partial charge in [0.15, 0.2) is 5.82 Å². The maximum Gasteiger partial charge on any atom is 0.329 e. The lowest BCUT2D eigenvalue weighted by Crippen LogP contribution is -2.31. The molecular formula is C14H16N6O. The molecule has 0 unspecified atom stereocenters. The van der Waals surface area contributed by atoms with E-state index in [1.54, 1.807) is 4.57 Å². The molecule has 7 heteroatoms. The van der Waals surface area contributed by atoms with Crippen LogP contribution < -0.4 is 5.69 Å². The molecule has 1 aliphatic rings. The maximum atomic E-state index is 12.7. The van der Waals surface area contributed by atoms with Gasteiger partial charge in [0, 0.05) is 6.54 Å². The van der Waals surface area contributed by atoms with Crippen molar-refractivity contribution in [3.05, 3.63) is 40.1 Å². The largest absolute Gasteiger partial charge is 0.329 e. The fourth-order valence-electron chi connectivity index (χ4n) is 3.20. The first-order valence-corrected chi connectivity index (χ1v) is 7.03. The van der Waals surface area contributed by atoms with Gasteiger partial charge in [0.25, 0.3) is 0 Å². The molecule has 1 N–H and O–H groups in total. The van der Waals surface area contributed by atoms with Crippen molar-refractivity contribution in [1.29, 1.82) is 0 Å². The van der Waals surface area contributed by atoms with Crippen LogP contribution in [-0.4, -0.2) is 29.8 Å². The SMILES string of the molecule is CC1(C)CCn2c(=O)n(Cc3nn[nH]n3)c3cccc1c32. The van der Waals surface area contributed by atoms with Gasteiger partial charge in [0.1, 0.15) is 0 Å². The second kappa shape index (κ2) is 4.03. The Labute approximate surface area is 120 Å². The molecule has 2 aromatic heterocycles. The number of imidazole rings is 1. The zero-order valence-corrected chi connectivity index (χ0v) is 12.0. The van der Waals surface area contributed by atoms with Crippen LogP contribution in [0, 0.1) is 0 Å². The van der Waals surface area contributed by atoms with E-state index in [0.717, 1.165) is 24.0 Å². The normalized spacial score (nSPS) is 16.5. The Hall–Kier alpha value is -2.44. The zero-order valence-electron chi connectivity index (χ0n) is 12.0. The van der Waals surface area contributed by atoms with Crippen molar-refractivity contribution in [3.63, 3.8) is 0 Å². The lowest BCUT2D eigenvalue weighted by Gasteiger charge is -2.30. The highest BCUT2D eigenvalue weighted by atomic mass is 16.1. The predicted octanol–water partition coefficient (Wildman–Crippen LogP) is 1.05. The first kappa shape index (κ1) is 12.3. The van der Waals surface area contributed by atoms with Crippen molar-refractivity contribution in [3.8, 4) is 0 Å². The van der Waals surface area contributed by atoms with Crippen molar-refractivity contribution in [1.82, 2.24) is 29.8 Å². The second-order valence-electron chi connectivity index (χ2n) is 6.16. The molecule has 0 spiro atoms. The summed E-state index contributed by atoms with van der Waals surface area (Å²) in [5, 5.41) is 13.9. The molecule has 0 amide bonds. The van der Waals surface area contributed by atoms with Crippen LogP contribution in [0.25, 0.3) is 11.0 Å². The van der Waals surface area contributed by atoms with Gasteiger partial charge in [-0.3, -0.25) is 9.13 Å². The molecular weight excluding hydrogens is 268 g/mol. The van der Waals surface area contributed by atoms with Gasteiger partial charge in [0.2, 0.25) is 0 Å². The van der Waals surface area contributed by atoms with Crippen molar-refractivity contribution >= 4 is 11.0 Å². The number of benzene rings is 1. The highest BCUT2D eigenvalue weighted by Gasteiger charge is 2.31. The number of tetrazole rings is 1. The summed E-state index contributed by atoms with van der Waals surface area (Å²) in [4.78, 5) is 12.7. The first-order valence-electron chi connectivity index (χ1n) is 7.03. The maximum absolute atomic E-state index is 12.7. The Bertz CT molecular complexity index is 871. The topological polar surface area (TPSA) is 81.4 Å². The van der Waals surface area contributed by atoms with Gasteiger partial charge < -0.3 is 0 Å². The Morgan fingerprint density at radius 2 is 2.24 bits per heavy atom. The molecule has 4 rings (SSSR count). The van der Waals surface area contributed by atoms with Crippen LogP contribution in [-0.2, 0) is 18.5 Å². The van der Waals surface area contributed by atoms with Gasteiger partial charge in [-0.05, 0) is 23.5 Å². The number of aromatic nitrogens is 6. The number of para-hydroxylation sites is 1. The molecule has 1 aliphatic heterocycles. The third-order valence-corrected chi connectivity index (χ3v) is 4.42. The number of rotatable bonds is 2. The predicted molar refractivity (Wildman–Crippen MR) is 77.1 cm³/mol. The Balaban J connectivity index is 2.01. The highest BCUT2D eigenvalue weighted by molar-refractivity contribution is 5.81. The fourth-order valence-corrected chi connectivity index (χ4v) is 3.20. The van der Waals surface area contributed by atoms with Gasteiger partial charge >= 0.3 is 5.69 Å². The van der Waals surface area contributed by atoms with Crippen LogP contribution in [0.1, 0.15) is 31.7 Å². The number of hydrogen-bond acceptors (Lipinski definition) is 4. The van der Waals surface area contributed by atoms with E-state index >= 15 is 0 Å². The van der Waals surface area contributed by atoms with E-state index in [1.165, 1.54) is 5.56 Å². The Kier molecular flexibility index (Phi) is 2.36. The number of aromatic amines is 1. The van der Waals surface area contributed by atoms with Crippen LogP contribution in [0.3, 0.4) is 0 Å². The minimum atomic E-state index is -0.00208. The standard InChI is InChI=1S/C14H16N6O/c1-14(2)6-7-19-12-9(14)4-3-5-10(12)20(13(19)21)8-11-15-17-18-16-11/h3-5H,6-8H2,1-2H3,(H,15,16,17,18). The minimum Gasteiger partial charge on any atom is -0.292 e. The zero-order chi connectivity index (χ0) is 14.6. The summed E-state index contributed by atoms with van der Waals surface area (Å²) in [6.07, 6.45) is 0.964. The third kappa shape index (κ3) is 1.66. The van der Waals surface area contributed by atoms with Gasteiger partial charge in [-0.1, -0.05) is 31.2 Å². The van der Waals surface area contributed by atoms with E-state index in [2.05, 4.69) is 40.5 Å². The summed E-state index contributed by atoms with van der Waals surface area (Å²) in [5.41, 5.74) is 3.30. The molecule has 1 aromatic carbocycles. The quantitative estimate of drug-likeness (QED) is 0.762. The summed E-state index contributed by atoms with van der Waals surface area (Å²) in [5.74, 6) is 0.514.